The zero-order valence-electron chi connectivity index (χ0n) is 21.2. The van der Waals surface area contributed by atoms with Gasteiger partial charge in [0, 0.05) is 43.6 Å². The summed E-state index contributed by atoms with van der Waals surface area (Å²) in [5.41, 5.74) is 2.30. The Hall–Kier alpha value is -4.16. The van der Waals surface area contributed by atoms with Gasteiger partial charge in [0.2, 0.25) is 11.7 Å². The lowest BCUT2D eigenvalue weighted by atomic mass is 10.2. The summed E-state index contributed by atoms with van der Waals surface area (Å²) in [7, 11) is -1.89. The molecule has 12 heteroatoms. The molecule has 1 aliphatic heterocycles. The number of ether oxygens (including phenoxy) is 1. The standard InChI is InChI=1S/C26H30N8O3S/c1-18-16-22(33-32-18)29-24-23(37-2)25(34-14-12-27-13-15-34)31-26(30-24)28-20-8-10-21(11-9-20)38(35,36)17-19-6-4-3-5-7-19/h3-11,16,27H,12-15,17H2,1-2H3,(H3,28,29,30,31,32,33). The summed E-state index contributed by atoms with van der Waals surface area (Å²) in [5, 5.41) is 16.9. The number of anilines is 5. The van der Waals surface area contributed by atoms with Gasteiger partial charge >= 0.3 is 0 Å². The van der Waals surface area contributed by atoms with Crippen molar-refractivity contribution in [2.45, 2.75) is 17.6 Å². The van der Waals surface area contributed by atoms with Crippen LogP contribution in [-0.4, -0.2) is 61.9 Å². The molecule has 3 heterocycles. The minimum atomic E-state index is -3.48. The normalized spacial score (nSPS) is 13.8. The van der Waals surface area contributed by atoms with Crippen molar-refractivity contribution in [1.29, 1.82) is 0 Å². The van der Waals surface area contributed by atoms with Crippen LogP contribution in [0.4, 0.5) is 29.1 Å². The Morgan fingerprint density at radius 1 is 1.00 bits per heavy atom. The van der Waals surface area contributed by atoms with Gasteiger partial charge in [0.05, 0.1) is 17.8 Å². The zero-order chi connectivity index (χ0) is 26.5. The van der Waals surface area contributed by atoms with E-state index in [1.54, 1.807) is 43.5 Å². The molecule has 2 aromatic carbocycles. The first-order valence-electron chi connectivity index (χ1n) is 12.3. The Kier molecular flexibility index (Phi) is 7.43. The SMILES string of the molecule is COc1c(Nc2cc(C)[nH]n2)nc(Nc2ccc(S(=O)(=O)Cc3ccccc3)cc2)nc1N1CCNCC1. The minimum absolute atomic E-state index is 0.0576. The van der Waals surface area contributed by atoms with Crippen LogP contribution in [0.1, 0.15) is 11.3 Å². The van der Waals surface area contributed by atoms with Crippen LogP contribution in [0.2, 0.25) is 0 Å². The highest BCUT2D eigenvalue weighted by atomic mass is 32.2. The fourth-order valence-corrected chi connectivity index (χ4v) is 5.56. The molecule has 2 aromatic heterocycles. The predicted molar refractivity (Wildman–Crippen MR) is 147 cm³/mol. The summed E-state index contributed by atoms with van der Waals surface area (Å²) in [4.78, 5) is 11.8. The van der Waals surface area contributed by atoms with E-state index in [-0.39, 0.29) is 10.6 Å². The second-order valence-corrected chi connectivity index (χ2v) is 10.9. The van der Waals surface area contributed by atoms with Gasteiger partial charge in [-0.25, -0.2) is 8.42 Å². The number of sulfone groups is 1. The number of nitrogens with zero attached hydrogens (tertiary/aromatic N) is 4. The van der Waals surface area contributed by atoms with Crippen LogP contribution in [0.15, 0.2) is 65.6 Å². The lowest BCUT2D eigenvalue weighted by molar-refractivity contribution is 0.411. The summed E-state index contributed by atoms with van der Waals surface area (Å²) in [6, 6.07) is 17.6. The van der Waals surface area contributed by atoms with Crippen LogP contribution in [0, 0.1) is 6.92 Å². The molecule has 4 aromatic rings. The van der Waals surface area contributed by atoms with Crippen molar-refractivity contribution >= 4 is 38.9 Å². The number of aryl methyl sites for hydroxylation is 1. The number of nitrogens with one attached hydrogen (secondary N) is 4. The number of aromatic nitrogens is 4. The lowest BCUT2D eigenvalue weighted by Gasteiger charge is -2.30. The molecule has 0 saturated carbocycles. The van der Waals surface area contributed by atoms with E-state index in [1.807, 2.05) is 31.2 Å². The number of aromatic amines is 1. The molecule has 5 rings (SSSR count). The van der Waals surface area contributed by atoms with Crippen LogP contribution in [0.5, 0.6) is 5.75 Å². The molecular weight excluding hydrogens is 504 g/mol. The molecule has 0 atom stereocenters. The number of rotatable bonds is 9. The predicted octanol–water partition coefficient (Wildman–Crippen LogP) is 3.39. The largest absolute Gasteiger partial charge is 0.490 e. The fourth-order valence-electron chi connectivity index (χ4n) is 4.21. The molecule has 0 aliphatic carbocycles. The molecule has 0 spiro atoms. The third-order valence-corrected chi connectivity index (χ3v) is 7.79. The van der Waals surface area contributed by atoms with Crippen molar-refractivity contribution in [1.82, 2.24) is 25.5 Å². The zero-order valence-corrected chi connectivity index (χ0v) is 22.0. The topological polar surface area (TPSA) is 137 Å². The van der Waals surface area contributed by atoms with Crippen LogP contribution < -0.4 is 25.6 Å². The first-order valence-corrected chi connectivity index (χ1v) is 13.9. The highest BCUT2D eigenvalue weighted by Gasteiger charge is 2.23. The van der Waals surface area contributed by atoms with Gasteiger partial charge in [-0.05, 0) is 36.8 Å². The van der Waals surface area contributed by atoms with Gasteiger partial charge in [0.1, 0.15) is 0 Å². The number of hydrogen-bond acceptors (Lipinski definition) is 10. The number of benzene rings is 2. The summed E-state index contributed by atoms with van der Waals surface area (Å²) in [6.07, 6.45) is 0. The quantitative estimate of drug-likeness (QED) is 0.253. The number of methoxy groups -OCH3 is 1. The minimum Gasteiger partial charge on any atom is -0.490 e. The fraction of sp³-hybridized carbons (Fsp3) is 0.269. The monoisotopic (exact) mass is 534 g/mol. The molecule has 0 bridgehead atoms. The maximum absolute atomic E-state index is 12.9. The molecule has 0 amide bonds. The average Bonchev–Trinajstić information content (AvgIpc) is 3.34. The summed E-state index contributed by atoms with van der Waals surface area (Å²) in [5.74, 6) is 2.52. The number of H-pyrrole nitrogens is 1. The number of hydrogen-bond donors (Lipinski definition) is 4. The van der Waals surface area contributed by atoms with Crippen molar-refractivity contribution < 1.29 is 13.2 Å². The Labute approximate surface area is 221 Å². The van der Waals surface area contributed by atoms with Crippen molar-refractivity contribution in [3.05, 3.63) is 71.9 Å². The molecule has 1 fully saturated rings. The van der Waals surface area contributed by atoms with Gasteiger partial charge in [-0.3, -0.25) is 5.10 Å². The Morgan fingerprint density at radius 2 is 1.74 bits per heavy atom. The van der Waals surface area contributed by atoms with Crippen molar-refractivity contribution in [3.63, 3.8) is 0 Å². The van der Waals surface area contributed by atoms with Crippen LogP contribution >= 0.6 is 0 Å². The van der Waals surface area contributed by atoms with E-state index in [0.717, 1.165) is 37.4 Å². The van der Waals surface area contributed by atoms with Crippen molar-refractivity contribution in [2.75, 3.05) is 48.8 Å². The van der Waals surface area contributed by atoms with Gasteiger partial charge in [-0.2, -0.15) is 15.1 Å². The Bertz CT molecular complexity index is 1480. The van der Waals surface area contributed by atoms with E-state index in [9.17, 15) is 8.42 Å². The first-order chi connectivity index (χ1) is 18.4. The van der Waals surface area contributed by atoms with E-state index in [2.05, 4.69) is 36.0 Å². The molecular formula is C26H30N8O3S. The second-order valence-electron chi connectivity index (χ2n) is 8.94. The van der Waals surface area contributed by atoms with Gasteiger partial charge < -0.3 is 25.6 Å². The van der Waals surface area contributed by atoms with Gasteiger partial charge in [0.15, 0.2) is 27.3 Å². The summed E-state index contributed by atoms with van der Waals surface area (Å²) in [6.45, 7) is 5.11. The molecule has 0 radical (unpaired) electrons. The third kappa shape index (κ3) is 5.87. The van der Waals surface area contributed by atoms with E-state index < -0.39 is 9.84 Å². The summed E-state index contributed by atoms with van der Waals surface area (Å²) < 4.78 is 31.5. The van der Waals surface area contributed by atoms with Crippen molar-refractivity contribution in [2.24, 2.45) is 0 Å². The van der Waals surface area contributed by atoms with E-state index >= 15 is 0 Å². The molecule has 11 nitrogen and oxygen atoms in total. The molecule has 198 valence electrons. The Balaban J connectivity index is 1.42. The molecule has 1 aliphatic rings. The van der Waals surface area contributed by atoms with Crippen LogP contribution in [-0.2, 0) is 15.6 Å². The van der Waals surface area contributed by atoms with Gasteiger partial charge in [-0.15, -0.1) is 0 Å². The van der Waals surface area contributed by atoms with Crippen LogP contribution in [0.3, 0.4) is 0 Å². The van der Waals surface area contributed by atoms with Gasteiger partial charge in [0.25, 0.3) is 0 Å². The summed E-state index contributed by atoms with van der Waals surface area (Å²) >= 11 is 0. The molecule has 38 heavy (non-hydrogen) atoms. The smallest absolute Gasteiger partial charge is 0.231 e. The average molecular weight is 535 g/mol. The first kappa shape index (κ1) is 25.5. The molecule has 4 N–H and O–H groups in total. The second kappa shape index (κ2) is 11.1. The third-order valence-electron chi connectivity index (χ3n) is 6.09. The maximum Gasteiger partial charge on any atom is 0.231 e. The highest BCUT2D eigenvalue weighted by molar-refractivity contribution is 7.90. The van der Waals surface area contributed by atoms with E-state index in [0.29, 0.717) is 34.8 Å². The lowest BCUT2D eigenvalue weighted by Crippen LogP contribution is -2.44. The Morgan fingerprint density at radius 3 is 2.39 bits per heavy atom. The maximum atomic E-state index is 12.9. The highest BCUT2D eigenvalue weighted by Crippen LogP contribution is 2.36. The van der Waals surface area contributed by atoms with E-state index in [4.69, 9.17) is 9.72 Å². The number of piperazine rings is 1. The molecule has 1 saturated heterocycles. The molecule has 0 unspecified atom stereocenters. The van der Waals surface area contributed by atoms with E-state index in [1.165, 1.54) is 0 Å². The van der Waals surface area contributed by atoms with Crippen LogP contribution in [0.25, 0.3) is 0 Å². The van der Waals surface area contributed by atoms with Gasteiger partial charge in [-0.1, -0.05) is 30.3 Å². The van der Waals surface area contributed by atoms with Crippen molar-refractivity contribution in [3.8, 4) is 5.75 Å².